The van der Waals surface area contributed by atoms with E-state index in [4.69, 9.17) is 0 Å². The van der Waals surface area contributed by atoms with Gasteiger partial charge in [0.05, 0.1) is 37.1 Å². The zero-order valence-electron chi connectivity index (χ0n) is 14.8. The van der Waals surface area contributed by atoms with Gasteiger partial charge in [-0.25, -0.2) is 13.1 Å². The smallest absolute Gasteiger partial charge is 0.346 e. The van der Waals surface area contributed by atoms with E-state index in [2.05, 4.69) is 17.0 Å². The van der Waals surface area contributed by atoms with Gasteiger partial charge in [-0.15, -0.1) is 0 Å². The monoisotopic (exact) mass is 414 g/mol. The van der Waals surface area contributed by atoms with Gasteiger partial charge >= 0.3 is 6.18 Å². The first-order chi connectivity index (χ1) is 13.0. The number of hydrogen-bond donors (Lipinski definition) is 1. The van der Waals surface area contributed by atoms with Crippen LogP contribution in [0.5, 0.6) is 0 Å². The highest BCUT2D eigenvalue weighted by molar-refractivity contribution is 7.92. The highest BCUT2D eigenvalue weighted by Gasteiger charge is 2.34. The Morgan fingerprint density at radius 3 is 2.46 bits per heavy atom. The molecule has 11 heteroatoms. The highest BCUT2D eigenvalue weighted by atomic mass is 32.2. The molecule has 28 heavy (non-hydrogen) atoms. The molecule has 2 aromatic rings. The lowest BCUT2D eigenvalue weighted by molar-refractivity contribution is -0.137. The summed E-state index contributed by atoms with van der Waals surface area (Å²) in [5.41, 5.74) is -0.0198. The Hall–Kier alpha value is -2.82. The Morgan fingerprint density at radius 2 is 1.93 bits per heavy atom. The predicted octanol–water partition coefficient (Wildman–Crippen LogP) is 2.02. The molecule has 7 nitrogen and oxygen atoms in total. The first-order valence-electron chi connectivity index (χ1n) is 8.15. The first kappa shape index (κ1) is 19.9. The summed E-state index contributed by atoms with van der Waals surface area (Å²) in [6.45, 7) is 3.54. The molecule has 150 valence electrons. The maximum Gasteiger partial charge on any atom is 0.416 e. The van der Waals surface area contributed by atoms with Crippen molar-refractivity contribution in [2.24, 2.45) is 0 Å². The van der Waals surface area contributed by atoms with Crippen molar-refractivity contribution in [2.75, 3.05) is 17.1 Å². The number of alkyl halides is 3. The van der Waals surface area contributed by atoms with Crippen molar-refractivity contribution < 1.29 is 26.4 Å². The van der Waals surface area contributed by atoms with Gasteiger partial charge in [0, 0.05) is 5.56 Å². The molecule has 0 saturated heterocycles. The lowest BCUT2D eigenvalue weighted by Gasteiger charge is -2.34. The van der Waals surface area contributed by atoms with Crippen LogP contribution < -0.4 is 9.62 Å². The third kappa shape index (κ3) is 3.88. The number of anilines is 1. The maximum atomic E-state index is 12.8. The molecule has 2 heterocycles. The highest BCUT2D eigenvalue weighted by Crippen LogP contribution is 2.36. The van der Waals surface area contributed by atoms with Crippen LogP contribution in [-0.2, 0) is 27.5 Å². The molecule has 0 bridgehead atoms. The van der Waals surface area contributed by atoms with Gasteiger partial charge in [0.15, 0.2) is 0 Å². The van der Waals surface area contributed by atoms with Crippen LogP contribution in [0.2, 0.25) is 0 Å². The third-order valence-electron chi connectivity index (χ3n) is 4.28. The minimum atomic E-state index is -4.47. The van der Waals surface area contributed by atoms with E-state index >= 15 is 0 Å². The van der Waals surface area contributed by atoms with Crippen LogP contribution in [0.15, 0.2) is 43.1 Å². The van der Waals surface area contributed by atoms with Crippen molar-refractivity contribution in [3.05, 3.63) is 48.7 Å². The molecule has 1 amide bonds. The Labute approximate surface area is 159 Å². The fourth-order valence-corrected chi connectivity index (χ4v) is 3.97. The van der Waals surface area contributed by atoms with E-state index < -0.39 is 33.7 Å². The minimum Gasteiger partial charge on any atom is -0.346 e. The van der Waals surface area contributed by atoms with Crippen LogP contribution in [0.1, 0.15) is 5.56 Å². The van der Waals surface area contributed by atoms with Crippen molar-refractivity contribution >= 4 is 21.7 Å². The van der Waals surface area contributed by atoms with Gasteiger partial charge in [-0.2, -0.15) is 18.3 Å². The summed E-state index contributed by atoms with van der Waals surface area (Å²) in [7, 11) is -3.73. The number of aromatic nitrogens is 2. The van der Waals surface area contributed by atoms with Crippen molar-refractivity contribution in [3.8, 4) is 11.1 Å². The Balaban J connectivity index is 2.02. The molecule has 0 aliphatic carbocycles. The van der Waals surface area contributed by atoms with Crippen molar-refractivity contribution in [3.63, 3.8) is 0 Å². The van der Waals surface area contributed by atoms with Crippen LogP contribution in [0.4, 0.5) is 19.0 Å². The van der Waals surface area contributed by atoms with Crippen LogP contribution in [0.25, 0.3) is 11.1 Å². The molecule has 1 aromatic carbocycles. The molecule has 0 fully saturated rings. The second-order valence-corrected chi connectivity index (χ2v) is 8.25. The molecule has 0 saturated carbocycles. The number of halogens is 3. The summed E-state index contributed by atoms with van der Waals surface area (Å²) in [6.07, 6.45) is -0.976. The molecular weight excluding hydrogens is 397 g/mol. The fraction of sp³-hybridized carbons (Fsp3) is 0.294. The summed E-state index contributed by atoms with van der Waals surface area (Å²) in [6, 6.07) is 3.87. The molecule has 1 aliphatic heterocycles. The number of rotatable bonds is 4. The van der Waals surface area contributed by atoms with Gasteiger partial charge in [-0.05, 0) is 23.8 Å². The topological polar surface area (TPSA) is 84.3 Å². The number of amides is 1. The second kappa shape index (κ2) is 6.97. The molecule has 3 rings (SSSR count). The largest absolute Gasteiger partial charge is 0.416 e. The van der Waals surface area contributed by atoms with Gasteiger partial charge in [0.2, 0.25) is 15.9 Å². The number of sulfonamides is 1. The standard InChI is InChI=1S/C17H17F3N4O3S/c1-3-15(25)22-13-9-23-16(24(10-13)28(2,26)27)14(8-21-23)11-4-6-12(7-5-11)17(18,19)20/h3-8,13H,1,9-10H2,2H3,(H,22,25). The van der Waals surface area contributed by atoms with Gasteiger partial charge in [-0.1, -0.05) is 18.7 Å². The Morgan fingerprint density at radius 1 is 1.29 bits per heavy atom. The van der Waals surface area contributed by atoms with Crippen molar-refractivity contribution in [1.29, 1.82) is 0 Å². The lowest BCUT2D eigenvalue weighted by atomic mass is 10.1. The van der Waals surface area contributed by atoms with E-state index in [-0.39, 0.29) is 18.9 Å². The summed E-state index contributed by atoms with van der Waals surface area (Å²) >= 11 is 0. The van der Waals surface area contributed by atoms with Gasteiger partial charge < -0.3 is 5.32 Å². The van der Waals surface area contributed by atoms with Crippen LogP contribution >= 0.6 is 0 Å². The average Bonchev–Trinajstić information content (AvgIpc) is 3.03. The molecule has 0 radical (unpaired) electrons. The summed E-state index contributed by atoms with van der Waals surface area (Å²) in [4.78, 5) is 11.6. The lowest BCUT2D eigenvalue weighted by Crippen LogP contribution is -2.51. The molecule has 1 N–H and O–H groups in total. The van der Waals surface area contributed by atoms with Crippen LogP contribution in [-0.4, -0.2) is 42.9 Å². The van der Waals surface area contributed by atoms with E-state index in [0.717, 1.165) is 28.8 Å². The normalized spacial score (nSPS) is 17.1. The van der Waals surface area contributed by atoms with E-state index in [1.807, 2.05) is 0 Å². The van der Waals surface area contributed by atoms with E-state index in [1.54, 1.807) is 0 Å². The molecule has 1 aliphatic rings. The number of nitrogens with zero attached hydrogens (tertiary/aromatic N) is 3. The number of carbonyl (C=O) groups is 1. The second-order valence-electron chi connectivity index (χ2n) is 6.34. The summed E-state index contributed by atoms with van der Waals surface area (Å²) in [5, 5.41) is 6.80. The van der Waals surface area contributed by atoms with E-state index in [1.165, 1.54) is 23.0 Å². The van der Waals surface area contributed by atoms with Crippen molar-refractivity contribution in [2.45, 2.75) is 18.8 Å². The molecule has 1 unspecified atom stereocenters. The average molecular weight is 414 g/mol. The maximum absolute atomic E-state index is 12.8. The van der Waals surface area contributed by atoms with Crippen molar-refractivity contribution in [1.82, 2.24) is 15.1 Å². The van der Waals surface area contributed by atoms with Crippen LogP contribution in [0, 0.1) is 0 Å². The fourth-order valence-electron chi connectivity index (χ4n) is 3.01. The van der Waals surface area contributed by atoms with Gasteiger partial charge in [0.25, 0.3) is 0 Å². The first-order valence-corrected chi connectivity index (χ1v) is 9.99. The zero-order valence-corrected chi connectivity index (χ0v) is 15.6. The SMILES string of the molecule is C=CC(=O)NC1CN(S(C)(=O)=O)c2c(-c3ccc(C(F)(F)F)cc3)cnn2C1. The number of carbonyl (C=O) groups excluding carboxylic acids is 1. The Kier molecular flexibility index (Phi) is 4.96. The number of nitrogens with one attached hydrogen (secondary N) is 1. The summed E-state index contributed by atoms with van der Waals surface area (Å²) < 4.78 is 65.5. The number of benzene rings is 1. The Bertz CT molecular complexity index is 1010. The van der Waals surface area contributed by atoms with E-state index in [9.17, 15) is 26.4 Å². The molecule has 1 aromatic heterocycles. The van der Waals surface area contributed by atoms with Gasteiger partial charge in [0.1, 0.15) is 5.82 Å². The predicted molar refractivity (Wildman–Crippen MR) is 97.0 cm³/mol. The molecule has 1 atom stereocenters. The molecule has 0 spiro atoms. The zero-order chi connectivity index (χ0) is 20.7. The van der Waals surface area contributed by atoms with Gasteiger partial charge in [-0.3, -0.25) is 9.10 Å². The summed E-state index contributed by atoms with van der Waals surface area (Å²) in [5.74, 6) is -0.205. The number of fused-ring (bicyclic) bond motifs is 1. The van der Waals surface area contributed by atoms with Crippen LogP contribution in [0.3, 0.4) is 0 Å². The minimum absolute atomic E-state index is 0.0300. The van der Waals surface area contributed by atoms with E-state index in [0.29, 0.717) is 11.1 Å². The third-order valence-corrected chi connectivity index (χ3v) is 5.41. The molecular formula is C17H17F3N4O3S. The quantitative estimate of drug-likeness (QED) is 0.776. The number of hydrogen-bond acceptors (Lipinski definition) is 4.